The molecule has 0 aromatic heterocycles. The van der Waals surface area contributed by atoms with Crippen LogP contribution >= 0.6 is 15.9 Å². The van der Waals surface area contributed by atoms with Crippen LogP contribution < -0.4 is 0 Å². The summed E-state index contributed by atoms with van der Waals surface area (Å²) in [7, 11) is 0. The van der Waals surface area contributed by atoms with Gasteiger partial charge in [0, 0.05) is 4.47 Å². The Labute approximate surface area is 163 Å². The lowest BCUT2D eigenvalue weighted by atomic mass is 10.1. The van der Waals surface area contributed by atoms with Gasteiger partial charge in [-0.25, -0.2) is 0 Å². The molecule has 0 heterocycles. The Bertz CT molecular complexity index is 853. The molecule has 4 aromatic rings. The van der Waals surface area contributed by atoms with Crippen molar-refractivity contribution in [3.63, 3.8) is 0 Å². The molecule has 2 heteroatoms. The molecule has 4 aromatic carbocycles. The maximum atomic E-state index is 3.53. The largest absolute Gasteiger partial charge is 0.412 e. The fourth-order valence-electron chi connectivity index (χ4n) is 2.57. The van der Waals surface area contributed by atoms with Gasteiger partial charge in [-0.05, 0) is 28.3 Å². The van der Waals surface area contributed by atoms with Gasteiger partial charge >= 0.3 is 0 Å². The molecular formula is C24H21BrO. The highest BCUT2D eigenvalue weighted by atomic mass is 79.9. The summed E-state index contributed by atoms with van der Waals surface area (Å²) in [6.45, 7) is 0. The third-order valence-electron chi connectivity index (χ3n) is 3.84. The minimum Gasteiger partial charge on any atom is -0.412 e. The number of benzene rings is 4. The fraction of sp³-hybridized carbons (Fsp3) is 0. The number of halogens is 1. The summed E-state index contributed by atoms with van der Waals surface area (Å²) < 4.78 is 1.14. The summed E-state index contributed by atoms with van der Waals surface area (Å²) in [5.74, 6) is 0. The molecule has 0 aliphatic heterocycles. The van der Waals surface area contributed by atoms with Crippen LogP contribution in [0.25, 0.3) is 22.3 Å². The lowest BCUT2D eigenvalue weighted by molar-refractivity contribution is 0.824. The van der Waals surface area contributed by atoms with Gasteiger partial charge in [0.1, 0.15) is 0 Å². The molecule has 0 aliphatic carbocycles. The normalized spacial score (nSPS) is 9.42. The molecule has 26 heavy (non-hydrogen) atoms. The summed E-state index contributed by atoms with van der Waals surface area (Å²) in [6.07, 6.45) is 0. The van der Waals surface area contributed by atoms with Gasteiger partial charge in [-0.1, -0.05) is 125 Å². The van der Waals surface area contributed by atoms with Crippen LogP contribution in [0.15, 0.2) is 120 Å². The van der Waals surface area contributed by atoms with E-state index >= 15 is 0 Å². The molecule has 0 bridgehead atoms. The van der Waals surface area contributed by atoms with Gasteiger partial charge in [0.05, 0.1) is 0 Å². The summed E-state index contributed by atoms with van der Waals surface area (Å²) >= 11 is 3.53. The Morgan fingerprint density at radius 2 is 0.731 bits per heavy atom. The Hall–Kier alpha value is -2.68. The van der Waals surface area contributed by atoms with Crippen molar-refractivity contribution in [3.05, 3.63) is 120 Å². The van der Waals surface area contributed by atoms with E-state index in [2.05, 4.69) is 101 Å². The second-order valence-electron chi connectivity index (χ2n) is 5.58. The third kappa shape index (κ3) is 5.41. The van der Waals surface area contributed by atoms with E-state index in [1.165, 1.54) is 22.3 Å². The van der Waals surface area contributed by atoms with Crippen molar-refractivity contribution in [2.24, 2.45) is 0 Å². The van der Waals surface area contributed by atoms with Crippen LogP contribution in [0.4, 0.5) is 0 Å². The molecule has 0 amide bonds. The quantitative estimate of drug-likeness (QED) is 0.358. The molecule has 0 aliphatic rings. The van der Waals surface area contributed by atoms with Gasteiger partial charge in [-0.2, -0.15) is 0 Å². The van der Waals surface area contributed by atoms with Gasteiger partial charge in [-0.15, -0.1) is 0 Å². The smallest absolute Gasteiger partial charge is 0.0253 e. The average Bonchev–Trinajstić information content (AvgIpc) is 2.71. The van der Waals surface area contributed by atoms with Crippen molar-refractivity contribution < 1.29 is 5.48 Å². The molecule has 0 atom stereocenters. The van der Waals surface area contributed by atoms with Crippen LogP contribution in [0.1, 0.15) is 0 Å². The minimum absolute atomic E-state index is 0. The van der Waals surface area contributed by atoms with Gasteiger partial charge in [0.2, 0.25) is 0 Å². The van der Waals surface area contributed by atoms with Crippen molar-refractivity contribution in [2.75, 3.05) is 0 Å². The molecule has 0 radical (unpaired) electrons. The van der Waals surface area contributed by atoms with E-state index in [-0.39, 0.29) is 5.48 Å². The fourth-order valence-corrected chi connectivity index (χ4v) is 3.09. The van der Waals surface area contributed by atoms with E-state index in [4.69, 9.17) is 0 Å². The first kappa shape index (κ1) is 19.6. The molecule has 4 rings (SSSR count). The van der Waals surface area contributed by atoms with Crippen molar-refractivity contribution in [1.82, 2.24) is 0 Å². The van der Waals surface area contributed by atoms with Crippen LogP contribution in [0.3, 0.4) is 0 Å². The molecule has 0 saturated carbocycles. The van der Waals surface area contributed by atoms with Crippen molar-refractivity contribution in [2.45, 2.75) is 0 Å². The zero-order valence-electron chi connectivity index (χ0n) is 14.3. The Balaban J connectivity index is 0.000000180. The maximum Gasteiger partial charge on any atom is 0.0253 e. The third-order valence-corrected chi connectivity index (χ3v) is 4.53. The van der Waals surface area contributed by atoms with Gasteiger partial charge in [0.15, 0.2) is 0 Å². The van der Waals surface area contributed by atoms with Crippen LogP contribution in [0, 0.1) is 0 Å². The van der Waals surface area contributed by atoms with E-state index in [1.54, 1.807) is 0 Å². The number of hydrogen-bond donors (Lipinski definition) is 0. The highest BCUT2D eigenvalue weighted by Crippen LogP contribution is 2.27. The highest BCUT2D eigenvalue weighted by Gasteiger charge is 1.99. The van der Waals surface area contributed by atoms with Gasteiger partial charge < -0.3 is 5.48 Å². The predicted octanol–water partition coefficient (Wildman–Crippen LogP) is 6.65. The van der Waals surface area contributed by atoms with E-state index in [1.807, 2.05) is 30.3 Å². The molecule has 0 saturated heterocycles. The van der Waals surface area contributed by atoms with Crippen LogP contribution in [-0.2, 0) is 0 Å². The first-order valence-corrected chi connectivity index (χ1v) is 9.04. The van der Waals surface area contributed by atoms with Crippen molar-refractivity contribution >= 4 is 15.9 Å². The molecular weight excluding hydrogens is 384 g/mol. The van der Waals surface area contributed by atoms with Crippen LogP contribution in [-0.4, -0.2) is 5.48 Å². The van der Waals surface area contributed by atoms with E-state index in [0.29, 0.717) is 0 Å². The zero-order valence-corrected chi connectivity index (χ0v) is 15.9. The SMILES string of the molecule is Brc1ccccc1-c1ccccc1.O.c1ccc(-c2ccccc2)cc1. The van der Waals surface area contributed by atoms with Crippen molar-refractivity contribution in [1.29, 1.82) is 0 Å². The molecule has 0 unspecified atom stereocenters. The maximum absolute atomic E-state index is 3.53. The minimum atomic E-state index is 0. The predicted molar refractivity (Wildman–Crippen MR) is 115 cm³/mol. The summed E-state index contributed by atoms with van der Waals surface area (Å²) in [4.78, 5) is 0. The summed E-state index contributed by atoms with van der Waals surface area (Å²) in [5, 5.41) is 0. The van der Waals surface area contributed by atoms with E-state index in [0.717, 1.165) is 4.47 Å². The second kappa shape index (κ2) is 10.3. The molecule has 2 N–H and O–H groups in total. The van der Waals surface area contributed by atoms with Crippen LogP contribution in [0.5, 0.6) is 0 Å². The zero-order chi connectivity index (χ0) is 17.3. The second-order valence-corrected chi connectivity index (χ2v) is 6.43. The van der Waals surface area contributed by atoms with Gasteiger partial charge in [-0.3, -0.25) is 0 Å². The lowest BCUT2D eigenvalue weighted by Crippen LogP contribution is -1.77. The molecule has 130 valence electrons. The Kier molecular flexibility index (Phi) is 7.81. The Morgan fingerprint density at radius 3 is 1.15 bits per heavy atom. The standard InChI is InChI=1S/C12H9Br.C12H10.H2O/c13-12-9-5-4-8-11(12)10-6-2-1-3-7-10;1-3-7-11(8-4-1)12-9-5-2-6-10-12;/h1-9H;1-10H;1H2. The number of hydrogen-bond acceptors (Lipinski definition) is 0. The van der Waals surface area contributed by atoms with E-state index < -0.39 is 0 Å². The van der Waals surface area contributed by atoms with Crippen molar-refractivity contribution in [3.8, 4) is 22.3 Å². The average molecular weight is 405 g/mol. The summed E-state index contributed by atoms with van der Waals surface area (Å²) in [6, 6.07) is 39.4. The lowest BCUT2D eigenvalue weighted by Gasteiger charge is -2.02. The highest BCUT2D eigenvalue weighted by molar-refractivity contribution is 9.10. The monoisotopic (exact) mass is 404 g/mol. The van der Waals surface area contributed by atoms with E-state index in [9.17, 15) is 0 Å². The first-order valence-electron chi connectivity index (χ1n) is 8.25. The molecule has 1 nitrogen and oxygen atoms in total. The number of rotatable bonds is 2. The van der Waals surface area contributed by atoms with Gasteiger partial charge in [0.25, 0.3) is 0 Å². The summed E-state index contributed by atoms with van der Waals surface area (Å²) in [5.41, 5.74) is 5.04. The molecule has 0 fully saturated rings. The topological polar surface area (TPSA) is 31.5 Å². The van der Waals surface area contributed by atoms with Crippen LogP contribution in [0.2, 0.25) is 0 Å². The Morgan fingerprint density at radius 1 is 0.385 bits per heavy atom. The molecule has 0 spiro atoms. The first-order chi connectivity index (χ1) is 12.3.